The molecule has 4 heteroatoms. The molecule has 20 heavy (non-hydrogen) atoms. The number of hydrazone groups is 1. The number of nitrogens with one attached hydrogen (secondary N) is 1. The summed E-state index contributed by atoms with van der Waals surface area (Å²) in [4.78, 5) is 11.8. The first-order valence-corrected chi connectivity index (χ1v) is 7.30. The van der Waals surface area contributed by atoms with Crippen LogP contribution in [-0.4, -0.2) is 11.6 Å². The van der Waals surface area contributed by atoms with Crippen molar-refractivity contribution in [3.05, 3.63) is 35.6 Å². The van der Waals surface area contributed by atoms with E-state index in [2.05, 4.69) is 17.5 Å². The summed E-state index contributed by atoms with van der Waals surface area (Å²) in [6.45, 7) is 2.21. The van der Waals surface area contributed by atoms with Gasteiger partial charge >= 0.3 is 0 Å². The van der Waals surface area contributed by atoms with Gasteiger partial charge in [-0.05, 0) is 55.9 Å². The molecule has 0 spiro atoms. The van der Waals surface area contributed by atoms with E-state index in [0.717, 1.165) is 24.5 Å². The molecule has 3 nitrogen and oxygen atoms in total. The Bertz CT molecular complexity index is 472. The van der Waals surface area contributed by atoms with Crippen molar-refractivity contribution in [3.63, 3.8) is 0 Å². The summed E-state index contributed by atoms with van der Waals surface area (Å²) in [5, 5.41) is 4.20. The molecule has 1 fully saturated rings. The van der Waals surface area contributed by atoms with Crippen LogP contribution in [0.25, 0.3) is 0 Å². The highest BCUT2D eigenvalue weighted by Gasteiger charge is 2.17. The van der Waals surface area contributed by atoms with Crippen LogP contribution in [0.4, 0.5) is 4.39 Å². The lowest BCUT2D eigenvalue weighted by Crippen LogP contribution is -2.22. The third-order valence-electron chi connectivity index (χ3n) is 3.80. The zero-order valence-corrected chi connectivity index (χ0v) is 11.9. The van der Waals surface area contributed by atoms with Crippen LogP contribution < -0.4 is 5.43 Å². The van der Waals surface area contributed by atoms with Crippen LogP contribution in [0.1, 0.15) is 55.8 Å². The van der Waals surface area contributed by atoms with Gasteiger partial charge in [0.15, 0.2) is 0 Å². The largest absolute Gasteiger partial charge is 0.271 e. The minimum absolute atomic E-state index is 0.284. The lowest BCUT2D eigenvalue weighted by atomic mass is 9.85. The standard InChI is InChI=1S/C16H21FN2O/c1-2-3-12-4-10-15(11-5-12)18-19-16(20)13-6-8-14(17)9-7-13/h6-9,12H,2-5,10-11H2,1H3,(H,19,20). The summed E-state index contributed by atoms with van der Waals surface area (Å²) in [7, 11) is 0. The van der Waals surface area contributed by atoms with Crippen molar-refractivity contribution < 1.29 is 9.18 Å². The summed E-state index contributed by atoms with van der Waals surface area (Å²) in [6, 6.07) is 5.47. The second kappa shape index (κ2) is 7.17. The van der Waals surface area contributed by atoms with E-state index in [1.165, 1.54) is 49.9 Å². The zero-order chi connectivity index (χ0) is 14.4. The van der Waals surface area contributed by atoms with Crippen LogP contribution in [-0.2, 0) is 0 Å². The van der Waals surface area contributed by atoms with Gasteiger partial charge in [0.05, 0.1) is 0 Å². The number of nitrogens with zero attached hydrogens (tertiary/aromatic N) is 1. The van der Waals surface area contributed by atoms with Gasteiger partial charge in [-0.25, -0.2) is 9.82 Å². The Morgan fingerprint density at radius 1 is 1.30 bits per heavy atom. The number of hydrogen-bond donors (Lipinski definition) is 1. The topological polar surface area (TPSA) is 41.5 Å². The minimum atomic E-state index is -0.345. The molecular formula is C16H21FN2O. The third-order valence-corrected chi connectivity index (χ3v) is 3.80. The number of halogens is 1. The molecule has 0 saturated heterocycles. The SMILES string of the molecule is CCCC1CCC(=NNC(=O)c2ccc(F)cc2)CC1. The monoisotopic (exact) mass is 276 g/mol. The molecule has 1 saturated carbocycles. The lowest BCUT2D eigenvalue weighted by molar-refractivity contribution is 0.0954. The molecule has 0 atom stereocenters. The average molecular weight is 276 g/mol. The van der Waals surface area contributed by atoms with E-state index < -0.39 is 0 Å². The van der Waals surface area contributed by atoms with Gasteiger partial charge in [-0.3, -0.25) is 4.79 Å². The van der Waals surface area contributed by atoms with Crippen LogP contribution in [0.5, 0.6) is 0 Å². The number of amides is 1. The summed E-state index contributed by atoms with van der Waals surface area (Å²) >= 11 is 0. The lowest BCUT2D eigenvalue weighted by Gasteiger charge is -2.22. The van der Waals surface area contributed by atoms with Gasteiger partial charge in [-0.1, -0.05) is 19.8 Å². The molecule has 1 aromatic rings. The number of hydrogen-bond acceptors (Lipinski definition) is 2. The maximum absolute atomic E-state index is 12.8. The molecule has 2 rings (SSSR count). The number of carbonyl (C=O) groups is 1. The second-order valence-corrected chi connectivity index (χ2v) is 5.36. The van der Waals surface area contributed by atoms with Gasteiger partial charge in [0.1, 0.15) is 5.82 Å². The van der Waals surface area contributed by atoms with E-state index in [4.69, 9.17) is 0 Å². The molecule has 0 unspecified atom stereocenters. The second-order valence-electron chi connectivity index (χ2n) is 5.36. The first-order chi connectivity index (χ1) is 9.69. The fraction of sp³-hybridized carbons (Fsp3) is 0.500. The van der Waals surface area contributed by atoms with Crippen molar-refractivity contribution in [3.8, 4) is 0 Å². The molecule has 0 bridgehead atoms. The number of benzene rings is 1. The molecule has 1 aliphatic carbocycles. The highest BCUT2D eigenvalue weighted by atomic mass is 19.1. The number of carbonyl (C=O) groups excluding carboxylic acids is 1. The molecular weight excluding hydrogens is 255 g/mol. The Morgan fingerprint density at radius 3 is 2.55 bits per heavy atom. The van der Waals surface area contributed by atoms with Crippen molar-refractivity contribution >= 4 is 11.6 Å². The molecule has 0 heterocycles. The molecule has 1 N–H and O–H groups in total. The first kappa shape index (κ1) is 14.7. The summed E-state index contributed by atoms with van der Waals surface area (Å²) in [5.41, 5.74) is 4.05. The maximum atomic E-state index is 12.8. The summed E-state index contributed by atoms with van der Waals surface area (Å²) < 4.78 is 12.8. The predicted octanol–water partition coefficient (Wildman–Crippen LogP) is 3.90. The highest BCUT2D eigenvalue weighted by Crippen LogP contribution is 2.25. The first-order valence-electron chi connectivity index (χ1n) is 7.30. The quantitative estimate of drug-likeness (QED) is 0.832. The van der Waals surface area contributed by atoms with Crippen molar-refractivity contribution in [2.24, 2.45) is 11.0 Å². The molecule has 0 radical (unpaired) electrons. The Morgan fingerprint density at radius 2 is 1.95 bits per heavy atom. The fourth-order valence-corrected chi connectivity index (χ4v) is 2.62. The normalized spacial score (nSPS) is 18.7. The number of rotatable bonds is 4. The van der Waals surface area contributed by atoms with Crippen LogP contribution >= 0.6 is 0 Å². The average Bonchev–Trinajstić information content (AvgIpc) is 2.47. The molecule has 1 aliphatic rings. The van der Waals surface area contributed by atoms with Gasteiger partial charge in [-0.2, -0.15) is 5.10 Å². The Labute approximate surface area is 119 Å². The van der Waals surface area contributed by atoms with Crippen LogP contribution in [0.2, 0.25) is 0 Å². The van der Waals surface area contributed by atoms with Gasteiger partial charge in [0, 0.05) is 11.3 Å². The van der Waals surface area contributed by atoms with E-state index in [9.17, 15) is 9.18 Å². The third kappa shape index (κ3) is 4.15. The van der Waals surface area contributed by atoms with Crippen molar-refractivity contribution in [1.82, 2.24) is 5.43 Å². The van der Waals surface area contributed by atoms with E-state index in [1.807, 2.05) is 0 Å². The molecule has 0 aromatic heterocycles. The van der Waals surface area contributed by atoms with E-state index in [1.54, 1.807) is 0 Å². The smallest absolute Gasteiger partial charge is 0.267 e. The van der Waals surface area contributed by atoms with Crippen LogP contribution in [0.15, 0.2) is 29.4 Å². The summed E-state index contributed by atoms with van der Waals surface area (Å²) in [6.07, 6.45) is 6.79. The van der Waals surface area contributed by atoms with Crippen molar-refractivity contribution in [1.29, 1.82) is 0 Å². The van der Waals surface area contributed by atoms with Crippen molar-refractivity contribution in [2.45, 2.75) is 45.4 Å². The fourth-order valence-electron chi connectivity index (χ4n) is 2.62. The van der Waals surface area contributed by atoms with Crippen molar-refractivity contribution in [2.75, 3.05) is 0 Å². The van der Waals surface area contributed by atoms with Gasteiger partial charge < -0.3 is 0 Å². The van der Waals surface area contributed by atoms with Gasteiger partial charge in [0.25, 0.3) is 5.91 Å². The van der Waals surface area contributed by atoms with Crippen LogP contribution in [0, 0.1) is 11.7 Å². The zero-order valence-electron chi connectivity index (χ0n) is 11.9. The predicted molar refractivity (Wildman–Crippen MR) is 78.2 cm³/mol. The minimum Gasteiger partial charge on any atom is -0.267 e. The van der Waals surface area contributed by atoms with Crippen LogP contribution in [0.3, 0.4) is 0 Å². The molecule has 1 amide bonds. The molecule has 1 aromatic carbocycles. The summed E-state index contributed by atoms with van der Waals surface area (Å²) in [5.74, 6) is 0.182. The maximum Gasteiger partial charge on any atom is 0.271 e. The van der Waals surface area contributed by atoms with E-state index in [-0.39, 0.29) is 11.7 Å². The Kier molecular flexibility index (Phi) is 5.27. The Balaban J connectivity index is 1.84. The van der Waals surface area contributed by atoms with E-state index >= 15 is 0 Å². The molecule has 108 valence electrons. The molecule has 0 aliphatic heterocycles. The van der Waals surface area contributed by atoms with Gasteiger partial charge in [0.2, 0.25) is 0 Å². The highest BCUT2D eigenvalue weighted by molar-refractivity contribution is 5.95. The van der Waals surface area contributed by atoms with E-state index in [0.29, 0.717) is 5.56 Å². The van der Waals surface area contributed by atoms with Gasteiger partial charge in [-0.15, -0.1) is 0 Å². The Hall–Kier alpha value is -1.71.